The van der Waals surface area contributed by atoms with Crippen LogP contribution in [0.3, 0.4) is 0 Å². The Kier molecular flexibility index (Phi) is 7.39. The quantitative estimate of drug-likeness (QED) is 0.519. The fourth-order valence-electron chi connectivity index (χ4n) is 1.74. The zero-order valence-electron chi connectivity index (χ0n) is 13.7. The molecule has 0 atom stereocenters. The SMILES string of the molecule is CCOC(=O)C(NS(=O)(=O)c1ccccc1OC(F)(F)F)C(=O)OCC. The second-order valence-corrected chi connectivity index (χ2v) is 6.24. The molecular formula is C14H16F3NO7S. The summed E-state index contributed by atoms with van der Waals surface area (Å²) in [5, 5.41) is 0. The first kappa shape index (κ1) is 21.7. The zero-order chi connectivity index (χ0) is 20.0. The van der Waals surface area contributed by atoms with Crippen molar-refractivity contribution in [2.75, 3.05) is 13.2 Å². The summed E-state index contributed by atoms with van der Waals surface area (Å²) in [5.41, 5.74) is 0. The molecule has 8 nitrogen and oxygen atoms in total. The van der Waals surface area contributed by atoms with Crippen molar-refractivity contribution >= 4 is 22.0 Å². The van der Waals surface area contributed by atoms with Crippen LogP contribution in [0.5, 0.6) is 5.75 Å². The van der Waals surface area contributed by atoms with E-state index in [1.165, 1.54) is 13.8 Å². The molecule has 0 aliphatic rings. The number of alkyl halides is 3. The summed E-state index contributed by atoms with van der Waals surface area (Å²) in [6.45, 7) is 2.51. The van der Waals surface area contributed by atoms with Crippen LogP contribution in [-0.2, 0) is 29.1 Å². The van der Waals surface area contributed by atoms with Gasteiger partial charge < -0.3 is 14.2 Å². The second-order valence-electron chi connectivity index (χ2n) is 4.55. The molecule has 1 N–H and O–H groups in total. The Hall–Kier alpha value is -2.34. The lowest BCUT2D eigenvalue weighted by atomic mass is 10.3. The molecule has 0 aliphatic carbocycles. The van der Waals surface area contributed by atoms with Gasteiger partial charge in [-0.2, -0.15) is 4.72 Å². The van der Waals surface area contributed by atoms with Crippen LogP contribution in [0.4, 0.5) is 13.2 Å². The molecule has 26 heavy (non-hydrogen) atoms. The number of rotatable bonds is 8. The Morgan fingerprint density at radius 3 is 2.04 bits per heavy atom. The zero-order valence-corrected chi connectivity index (χ0v) is 14.5. The smallest absolute Gasteiger partial charge is 0.464 e. The Bertz CT molecular complexity index is 731. The van der Waals surface area contributed by atoms with E-state index in [4.69, 9.17) is 0 Å². The highest BCUT2D eigenvalue weighted by Crippen LogP contribution is 2.29. The van der Waals surface area contributed by atoms with Gasteiger partial charge in [0.2, 0.25) is 16.1 Å². The van der Waals surface area contributed by atoms with Gasteiger partial charge in [0.1, 0.15) is 10.6 Å². The summed E-state index contributed by atoms with van der Waals surface area (Å²) in [5.74, 6) is -3.55. The number of carbonyl (C=O) groups is 2. The highest BCUT2D eigenvalue weighted by atomic mass is 32.2. The largest absolute Gasteiger partial charge is 0.573 e. The number of nitrogens with one attached hydrogen (secondary N) is 1. The van der Waals surface area contributed by atoms with Gasteiger partial charge in [-0.15, -0.1) is 13.2 Å². The summed E-state index contributed by atoms with van der Waals surface area (Å²) < 4.78 is 76.6. The number of para-hydroxylation sites is 1. The Labute approximate surface area is 147 Å². The van der Waals surface area contributed by atoms with Gasteiger partial charge in [0.25, 0.3) is 0 Å². The van der Waals surface area contributed by atoms with E-state index < -0.39 is 45.0 Å². The van der Waals surface area contributed by atoms with E-state index in [2.05, 4.69) is 14.2 Å². The number of ether oxygens (including phenoxy) is 3. The van der Waals surface area contributed by atoms with Crippen LogP contribution in [0.1, 0.15) is 13.8 Å². The average molecular weight is 399 g/mol. The predicted octanol–water partition coefficient (Wildman–Crippen LogP) is 1.36. The van der Waals surface area contributed by atoms with Crippen molar-refractivity contribution in [2.24, 2.45) is 0 Å². The minimum absolute atomic E-state index is 0.162. The second kappa shape index (κ2) is 8.85. The lowest BCUT2D eigenvalue weighted by Crippen LogP contribution is -2.48. The van der Waals surface area contributed by atoms with Crippen LogP contribution in [-0.4, -0.2) is 46.0 Å². The van der Waals surface area contributed by atoms with Gasteiger partial charge in [-0.3, -0.25) is 0 Å². The molecule has 146 valence electrons. The van der Waals surface area contributed by atoms with E-state index in [0.717, 1.165) is 24.3 Å². The van der Waals surface area contributed by atoms with Gasteiger partial charge in [0, 0.05) is 0 Å². The number of sulfonamides is 1. The van der Waals surface area contributed by atoms with E-state index in [1.54, 1.807) is 4.72 Å². The molecule has 0 spiro atoms. The Morgan fingerprint density at radius 1 is 1.08 bits per heavy atom. The highest BCUT2D eigenvalue weighted by molar-refractivity contribution is 7.89. The summed E-state index contributed by atoms with van der Waals surface area (Å²) in [7, 11) is -4.77. The number of benzene rings is 1. The maximum absolute atomic E-state index is 12.4. The van der Waals surface area contributed by atoms with E-state index in [0.29, 0.717) is 0 Å². The molecule has 1 aromatic carbocycles. The lowest BCUT2D eigenvalue weighted by Gasteiger charge is -2.18. The van der Waals surface area contributed by atoms with Crippen molar-refractivity contribution in [2.45, 2.75) is 31.1 Å². The third-order valence-electron chi connectivity index (χ3n) is 2.68. The molecule has 0 fully saturated rings. The van der Waals surface area contributed by atoms with E-state index in [9.17, 15) is 31.2 Å². The van der Waals surface area contributed by atoms with Crippen LogP contribution in [0.15, 0.2) is 29.2 Å². The lowest BCUT2D eigenvalue weighted by molar-refractivity contribution is -0.275. The molecule has 0 aromatic heterocycles. The Balaban J connectivity index is 3.23. The van der Waals surface area contributed by atoms with Crippen molar-refractivity contribution in [1.29, 1.82) is 0 Å². The standard InChI is InChI=1S/C14H16F3NO7S/c1-3-23-12(19)11(13(20)24-4-2)18-26(21,22)10-8-6-5-7-9(10)25-14(15,16)17/h5-8,11,18H,3-4H2,1-2H3. The van der Waals surface area contributed by atoms with Crippen molar-refractivity contribution in [3.63, 3.8) is 0 Å². The average Bonchev–Trinajstić information content (AvgIpc) is 2.52. The Morgan fingerprint density at radius 2 is 1.58 bits per heavy atom. The molecule has 1 aromatic rings. The summed E-state index contributed by atoms with van der Waals surface area (Å²) in [4.78, 5) is 22.7. The molecule has 0 aliphatic heterocycles. The van der Waals surface area contributed by atoms with Crippen LogP contribution in [0.2, 0.25) is 0 Å². The highest BCUT2D eigenvalue weighted by Gasteiger charge is 2.38. The first-order valence-electron chi connectivity index (χ1n) is 7.22. The normalized spacial score (nSPS) is 11.9. The molecule has 12 heteroatoms. The minimum atomic E-state index is -5.15. The van der Waals surface area contributed by atoms with Crippen molar-refractivity contribution in [3.8, 4) is 5.75 Å². The molecule has 0 saturated heterocycles. The van der Waals surface area contributed by atoms with Crippen LogP contribution in [0, 0.1) is 0 Å². The van der Waals surface area contributed by atoms with Gasteiger partial charge in [0.15, 0.2) is 0 Å². The van der Waals surface area contributed by atoms with E-state index in [1.807, 2.05) is 0 Å². The van der Waals surface area contributed by atoms with Gasteiger partial charge in [-0.25, -0.2) is 18.0 Å². The first-order chi connectivity index (χ1) is 12.0. The topological polar surface area (TPSA) is 108 Å². The molecule has 1 rings (SSSR count). The molecule has 0 bridgehead atoms. The molecule has 0 radical (unpaired) electrons. The van der Waals surface area contributed by atoms with Gasteiger partial charge in [0.05, 0.1) is 13.2 Å². The maximum Gasteiger partial charge on any atom is 0.573 e. The van der Waals surface area contributed by atoms with Crippen LogP contribution >= 0.6 is 0 Å². The van der Waals surface area contributed by atoms with Gasteiger partial charge in [-0.1, -0.05) is 12.1 Å². The summed E-state index contributed by atoms with van der Waals surface area (Å²) in [6.07, 6.45) is -5.15. The molecule has 0 amide bonds. The molecule has 0 unspecified atom stereocenters. The molecular weight excluding hydrogens is 383 g/mol. The monoisotopic (exact) mass is 399 g/mol. The van der Waals surface area contributed by atoms with Crippen molar-refractivity contribution < 1.29 is 45.4 Å². The van der Waals surface area contributed by atoms with Crippen LogP contribution < -0.4 is 9.46 Å². The fourth-order valence-corrected chi connectivity index (χ4v) is 3.01. The minimum Gasteiger partial charge on any atom is -0.464 e. The van der Waals surface area contributed by atoms with Crippen LogP contribution in [0.25, 0.3) is 0 Å². The van der Waals surface area contributed by atoms with E-state index in [-0.39, 0.29) is 13.2 Å². The molecule has 0 saturated carbocycles. The predicted molar refractivity (Wildman–Crippen MR) is 80.5 cm³/mol. The van der Waals surface area contributed by atoms with E-state index >= 15 is 0 Å². The molecule has 0 heterocycles. The van der Waals surface area contributed by atoms with Gasteiger partial charge >= 0.3 is 18.3 Å². The number of carbonyl (C=O) groups excluding carboxylic acids is 2. The summed E-state index contributed by atoms with van der Waals surface area (Å²) in [6, 6.07) is 1.76. The fraction of sp³-hybridized carbons (Fsp3) is 0.429. The van der Waals surface area contributed by atoms with Crippen molar-refractivity contribution in [1.82, 2.24) is 4.72 Å². The number of hydrogen-bond donors (Lipinski definition) is 1. The third-order valence-corrected chi connectivity index (χ3v) is 4.14. The number of esters is 2. The number of hydrogen-bond acceptors (Lipinski definition) is 7. The van der Waals surface area contributed by atoms with Gasteiger partial charge in [-0.05, 0) is 26.0 Å². The first-order valence-corrected chi connectivity index (χ1v) is 8.70. The summed E-state index contributed by atoms with van der Waals surface area (Å²) >= 11 is 0. The third kappa shape index (κ3) is 6.19. The van der Waals surface area contributed by atoms with Crippen molar-refractivity contribution in [3.05, 3.63) is 24.3 Å². The maximum atomic E-state index is 12.4. The number of halogens is 3.